The van der Waals surface area contributed by atoms with Gasteiger partial charge in [0.2, 0.25) is 11.8 Å². The van der Waals surface area contributed by atoms with Crippen LogP contribution in [0.25, 0.3) is 0 Å². The average molecular weight is 393 g/mol. The van der Waals surface area contributed by atoms with E-state index < -0.39 is 0 Å². The van der Waals surface area contributed by atoms with Gasteiger partial charge in [-0.3, -0.25) is 19.8 Å². The quantitative estimate of drug-likeness (QED) is 0.752. The molecule has 2 N–H and O–H groups in total. The normalized spacial score (nSPS) is 22.6. The molecule has 7 nitrogen and oxygen atoms in total. The lowest BCUT2D eigenvalue weighted by Crippen LogP contribution is -2.53. The van der Waals surface area contributed by atoms with Crippen molar-refractivity contribution in [2.45, 2.75) is 76.7 Å². The standard InChI is InChI=1S/C21H36N4O3/c26-19(23-21(28)22-18-9-5-2-6-10-18)16-24-11-13-25(14-12-24)20(27)15-17-7-3-1-4-8-17/h17-18H,1-16H2,(H2,22,23,26,28). The Morgan fingerprint density at radius 1 is 0.786 bits per heavy atom. The third-order valence-electron chi connectivity index (χ3n) is 6.47. The fourth-order valence-electron chi connectivity index (χ4n) is 4.76. The summed E-state index contributed by atoms with van der Waals surface area (Å²) in [6.45, 7) is 2.94. The van der Waals surface area contributed by atoms with Crippen LogP contribution < -0.4 is 10.6 Å². The number of imide groups is 1. The van der Waals surface area contributed by atoms with Crippen LogP contribution >= 0.6 is 0 Å². The van der Waals surface area contributed by atoms with Crippen molar-refractivity contribution < 1.29 is 14.4 Å². The van der Waals surface area contributed by atoms with Gasteiger partial charge in [0.1, 0.15) is 0 Å². The summed E-state index contributed by atoms with van der Waals surface area (Å²) in [5, 5.41) is 5.36. The van der Waals surface area contributed by atoms with Gasteiger partial charge in [0.15, 0.2) is 0 Å². The second-order valence-corrected chi connectivity index (χ2v) is 8.72. The minimum atomic E-state index is -0.377. The maximum Gasteiger partial charge on any atom is 0.321 e. The number of hydrogen-bond acceptors (Lipinski definition) is 4. The number of hydrogen-bond donors (Lipinski definition) is 2. The van der Waals surface area contributed by atoms with Gasteiger partial charge in [0.05, 0.1) is 6.54 Å². The van der Waals surface area contributed by atoms with Crippen LogP contribution in [0.15, 0.2) is 0 Å². The van der Waals surface area contributed by atoms with Gasteiger partial charge in [0.25, 0.3) is 0 Å². The Bertz CT molecular complexity index is 534. The molecule has 4 amide bonds. The molecule has 0 unspecified atom stereocenters. The first-order valence-corrected chi connectivity index (χ1v) is 11.2. The minimum absolute atomic E-state index is 0.195. The van der Waals surface area contributed by atoms with Crippen LogP contribution in [-0.2, 0) is 9.59 Å². The van der Waals surface area contributed by atoms with Crippen LogP contribution in [0.1, 0.15) is 70.6 Å². The molecule has 0 aromatic rings. The highest BCUT2D eigenvalue weighted by Gasteiger charge is 2.25. The molecule has 3 rings (SSSR count). The van der Waals surface area contributed by atoms with Crippen LogP contribution in [0.2, 0.25) is 0 Å². The van der Waals surface area contributed by atoms with E-state index >= 15 is 0 Å². The number of amides is 4. The number of rotatable bonds is 5. The molecular weight excluding hydrogens is 356 g/mol. The Hall–Kier alpha value is -1.63. The number of nitrogens with one attached hydrogen (secondary N) is 2. The van der Waals surface area contributed by atoms with Gasteiger partial charge in [-0.1, -0.05) is 38.5 Å². The van der Waals surface area contributed by atoms with Crippen LogP contribution in [0.3, 0.4) is 0 Å². The number of carbonyl (C=O) groups excluding carboxylic acids is 3. The van der Waals surface area contributed by atoms with Crippen LogP contribution in [-0.4, -0.2) is 66.4 Å². The molecule has 0 bridgehead atoms. The van der Waals surface area contributed by atoms with Crippen molar-refractivity contribution in [3.63, 3.8) is 0 Å². The smallest absolute Gasteiger partial charge is 0.321 e. The first kappa shape index (κ1) is 21.1. The summed E-state index contributed by atoms with van der Waals surface area (Å²) in [7, 11) is 0. The lowest BCUT2D eigenvalue weighted by Gasteiger charge is -2.35. The SMILES string of the molecule is O=C(CN1CCN(C(=O)CC2CCCCC2)CC1)NC(=O)NC1CCCCC1. The summed E-state index contributed by atoms with van der Waals surface area (Å²) >= 11 is 0. The highest BCUT2D eigenvalue weighted by Crippen LogP contribution is 2.27. The van der Waals surface area contributed by atoms with E-state index in [1.807, 2.05) is 9.80 Å². The molecule has 0 spiro atoms. The zero-order valence-corrected chi connectivity index (χ0v) is 17.1. The van der Waals surface area contributed by atoms with E-state index in [1.165, 1.54) is 38.5 Å². The Kier molecular flexibility index (Phi) is 8.13. The predicted molar refractivity (Wildman–Crippen MR) is 108 cm³/mol. The largest absolute Gasteiger partial charge is 0.340 e. The van der Waals surface area contributed by atoms with Crippen molar-refractivity contribution in [2.75, 3.05) is 32.7 Å². The molecule has 1 aliphatic heterocycles. The molecule has 0 aromatic heterocycles. The van der Waals surface area contributed by atoms with Crippen LogP contribution in [0, 0.1) is 5.92 Å². The van der Waals surface area contributed by atoms with Crippen molar-refractivity contribution in [3.8, 4) is 0 Å². The summed E-state index contributed by atoms with van der Waals surface area (Å²) in [6, 6.07) is -0.182. The Labute approximate surface area is 168 Å². The number of carbonyl (C=O) groups is 3. The summed E-state index contributed by atoms with van der Waals surface area (Å²) in [5.41, 5.74) is 0. The van der Waals surface area contributed by atoms with Crippen molar-refractivity contribution in [1.29, 1.82) is 0 Å². The predicted octanol–water partition coefficient (Wildman–Crippen LogP) is 2.26. The van der Waals surface area contributed by atoms with Gasteiger partial charge >= 0.3 is 6.03 Å². The van der Waals surface area contributed by atoms with E-state index in [1.54, 1.807) is 0 Å². The Balaban J connectivity index is 1.31. The number of piperazine rings is 1. The molecule has 0 aromatic carbocycles. The third-order valence-corrected chi connectivity index (χ3v) is 6.47. The lowest BCUT2D eigenvalue weighted by molar-refractivity contribution is -0.134. The molecule has 1 saturated heterocycles. The molecule has 0 radical (unpaired) electrons. The van der Waals surface area contributed by atoms with Crippen LogP contribution in [0.5, 0.6) is 0 Å². The molecule has 2 aliphatic carbocycles. The zero-order chi connectivity index (χ0) is 19.8. The minimum Gasteiger partial charge on any atom is -0.340 e. The second-order valence-electron chi connectivity index (χ2n) is 8.72. The molecule has 7 heteroatoms. The monoisotopic (exact) mass is 392 g/mol. The summed E-state index contributed by atoms with van der Waals surface area (Å²) < 4.78 is 0. The van der Waals surface area contributed by atoms with Gasteiger partial charge < -0.3 is 10.2 Å². The van der Waals surface area contributed by atoms with Crippen molar-refractivity contribution >= 4 is 17.8 Å². The van der Waals surface area contributed by atoms with Gasteiger partial charge in [-0.2, -0.15) is 0 Å². The average Bonchev–Trinajstić information content (AvgIpc) is 2.70. The fourth-order valence-corrected chi connectivity index (χ4v) is 4.76. The first-order valence-electron chi connectivity index (χ1n) is 11.2. The molecule has 28 heavy (non-hydrogen) atoms. The van der Waals surface area contributed by atoms with E-state index in [4.69, 9.17) is 0 Å². The maximum absolute atomic E-state index is 12.5. The van der Waals surface area contributed by atoms with E-state index in [0.29, 0.717) is 38.5 Å². The highest BCUT2D eigenvalue weighted by molar-refractivity contribution is 5.95. The Morgan fingerprint density at radius 3 is 2.04 bits per heavy atom. The van der Waals surface area contributed by atoms with Crippen molar-refractivity contribution in [3.05, 3.63) is 0 Å². The molecule has 0 atom stereocenters. The summed E-state index contributed by atoms with van der Waals surface area (Å²) in [6.07, 6.45) is 12.4. The fraction of sp³-hybridized carbons (Fsp3) is 0.857. The van der Waals surface area contributed by atoms with E-state index in [0.717, 1.165) is 25.7 Å². The summed E-state index contributed by atoms with van der Waals surface area (Å²) in [5.74, 6) is 0.561. The van der Waals surface area contributed by atoms with Crippen molar-refractivity contribution in [2.24, 2.45) is 5.92 Å². The Morgan fingerprint density at radius 2 is 1.39 bits per heavy atom. The zero-order valence-electron chi connectivity index (χ0n) is 17.1. The van der Waals surface area contributed by atoms with E-state index in [9.17, 15) is 14.4 Å². The highest BCUT2D eigenvalue weighted by atomic mass is 16.2. The molecule has 158 valence electrons. The van der Waals surface area contributed by atoms with Gasteiger partial charge in [0, 0.05) is 38.6 Å². The van der Waals surface area contributed by atoms with Gasteiger partial charge in [-0.05, 0) is 31.6 Å². The molecule has 1 heterocycles. The van der Waals surface area contributed by atoms with Crippen molar-refractivity contribution in [1.82, 2.24) is 20.4 Å². The number of urea groups is 1. The number of nitrogens with zero attached hydrogens (tertiary/aromatic N) is 2. The summed E-state index contributed by atoms with van der Waals surface area (Å²) in [4.78, 5) is 40.6. The lowest BCUT2D eigenvalue weighted by atomic mass is 9.86. The molecule has 2 saturated carbocycles. The molecule has 3 fully saturated rings. The maximum atomic E-state index is 12.5. The molecular formula is C21H36N4O3. The first-order chi connectivity index (χ1) is 13.6. The third kappa shape index (κ3) is 6.76. The van der Waals surface area contributed by atoms with E-state index in [-0.39, 0.29) is 30.4 Å². The van der Waals surface area contributed by atoms with Gasteiger partial charge in [-0.15, -0.1) is 0 Å². The van der Waals surface area contributed by atoms with E-state index in [2.05, 4.69) is 10.6 Å². The topological polar surface area (TPSA) is 81.8 Å². The van der Waals surface area contributed by atoms with Crippen LogP contribution in [0.4, 0.5) is 4.79 Å². The molecule has 3 aliphatic rings. The van der Waals surface area contributed by atoms with Gasteiger partial charge in [-0.25, -0.2) is 4.79 Å². The second kappa shape index (κ2) is 10.8.